The van der Waals surface area contributed by atoms with Crippen LogP contribution in [0.4, 0.5) is 0 Å². The van der Waals surface area contributed by atoms with Gasteiger partial charge in [0, 0.05) is 12.1 Å². The molecule has 0 saturated heterocycles. The molecule has 4 heteroatoms. The first kappa shape index (κ1) is 18.1. The fraction of sp³-hybridized carbons (Fsp3) is 0.444. The van der Waals surface area contributed by atoms with Crippen LogP contribution in [0.1, 0.15) is 33.3 Å². The smallest absolute Gasteiger partial charge is 0.223 e. The number of hydrogen-bond donors (Lipinski definition) is 1. The van der Waals surface area contributed by atoms with Crippen molar-refractivity contribution in [2.24, 2.45) is 10.9 Å². The molecule has 1 atom stereocenters. The molecule has 0 bridgehead atoms. The van der Waals surface area contributed by atoms with Crippen molar-refractivity contribution in [3.63, 3.8) is 0 Å². The summed E-state index contributed by atoms with van der Waals surface area (Å²) >= 11 is 0. The zero-order chi connectivity index (χ0) is 16.6. The Kier molecular flexibility index (Phi) is 6.99. The maximum Gasteiger partial charge on any atom is 0.223 e. The first-order chi connectivity index (χ1) is 10.4. The predicted molar refractivity (Wildman–Crippen MR) is 90.8 cm³/mol. The Balaban J connectivity index is 2.73. The van der Waals surface area contributed by atoms with Crippen LogP contribution in [0.25, 0.3) is 0 Å². The molecular weight excluding hydrogens is 276 g/mol. The van der Waals surface area contributed by atoms with Gasteiger partial charge in [-0.25, -0.2) is 0 Å². The number of nitrogens with one attached hydrogen (secondary N) is 1. The Morgan fingerprint density at radius 1 is 1.41 bits per heavy atom. The molecule has 0 saturated carbocycles. The van der Waals surface area contributed by atoms with Crippen LogP contribution in [0, 0.1) is 5.92 Å². The highest BCUT2D eigenvalue weighted by Crippen LogP contribution is 2.18. The molecule has 1 rings (SSSR count). The Bertz CT molecular complexity index is 523. The average molecular weight is 302 g/mol. The molecule has 1 aromatic carbocycles. The number of carbonyl (C=O) groups excluding carboxylic acids is 1. The highest BCUT2D eigenvalue weighted by atomic mass is 16.5. The summed E-state index contributed by atoms with van der Waals surface area (Å²) in [6.45, 7) is 12.2. The van der Waals surface area contributed by atoms with E-state index in [0.717, 1.165) is 5.56 Å². The van der Waals surface area contributed by atoms with E-state index in [9.17, 15) is 4.79 Å². The minimum Gasteiger partial charge on any atom is -0.374 e. The number of carbonyl (C=O) groups is 1. The first-order valence-corrected chi connectivity index (χ1v) is 7.51. The second-order valence-corrected chi connectivity index (χ2v) is 5.79. The van der Waals surface area contributed by atoms with Gasteiger partial charge in [0.05, 0.1) is 18.9 Å². The van der Waals surface area contributed by atoms with Crippen LogP contribution < -0.4 is 5.32 Å². The molecule has 0 spiro atoms. The van der Waals surface area contributed by atoms with Gasteiger partial charge in [0.15, 0.2) is 0 Å². The van der Waals surface area contributed by atoms with E-state index in [2.05, 4.69) is 16.9 Å². The van der Waals surface area contributed by atoms with Gasteiger partial charge < -0.3 is 10.1 Å². The van der Waals surface area contributed by atoms with E-state index in [1.165, 1.54) is 0 Å². The van der Waals surface area contributed by atoms with Crippen LogP contribution in [0.5, 0.6) is 0 Å². The number of hydrogen-bond acceptors (Lipinski definition) is 3. The van der Waals surface area contributed by atoms with E-state index in [1.54, 1.807) is 6.21 Å². The maximum absolute atomic E-state index is 12.0. The van der Waals surface area contributed by atoms with Crippen LogP contribution in [0.15, 0.2) is 47.6 Å². The van der Waals surface area contributed by atoms with Gasteiger partial charge in [0.2, 0.25) is 5.91 Å². The highest BCUT2D eigenvalue weighted by molar-refractivity contribution is 5.79. The Labute approximate surface area is 133 Å². The molecule has 0 aliphatic carbocycles. The number of nitrogens with zero attached hydrogens (tertiary/aromatic N) is 1. The summed E-state index contributed by atoms with van der Waals surface area (Å²) < 4.78 is 5.78. The van der Waals surface area contributed by atoms with E-state index >= 15 is 0 Å². The van der Waals surface area contributed by atoms with Gasteiger partial charge >= 0.3 is 0 Å². The molecule has 0 aromatic heterocycles. The molecule has 4 nitrogen and oxygen atoms in total. The molecule has 120 valence electrons. The van der Waals surface area contributed by atoms with Crippen molar-refractivity contribution in [2.75, 3.05) is 6.61 Å². The quantitative estimate of drug-likeness (QED) is 0.749. The molecule has 0 fully saturated rings. The molecule has 0 radical (unpaired) electrons. The van der Waals surface area contributed by atoms with E-state index in [0.29, 0.717) is 18.9 Å². The molecule has 1 aromatic rings. The number of rotatable bonds is 8. The third-order valence-electron chi connectivity index (χ3n) is 3.35. The van der Waals surface area contributed by atoms with Crippen molar-refractivity contribution >= 4 is 12.1 Å². The number of aliphatic imine (C=N–C) groups is 1. The van der Waals surface area contributed by atoms with E-state index in [-0.39, 0.29) is 11.8 Å². The minimum atomic E-state index is -0.720. The summed E-state index contributed by atoms with van der Waals surface area (Å²) in [7, 11) is 0. The summed E-state index contributed by atoms with van der Waals surface area (Å²) in [6.07, 6.45) is 1.67. The molecule has 22 heavy (non-hydrogen) atoms. The number of amides is 1. The molecule has 1 unspecified atom stereocenters. The standard InChI is InChI=1S/C18H26N2O2/c1-6-19-15(4)18(5,20-17(21)14(2)3)13-22-12-16-10-8-7-9-11-16/h6-11,14H,4,12-13H2,1-3,5H3,(H,20,21). The first-order valence-electron chi connectivity index (χ1n) is 7.51. The van der Waals surface area contributed by atoms with Gasteiger partial charge in [-0.05, 0) is 19.4 Å². The molecule has 0 heterocycles. The van der Waals surface area contributed by atoms with Gasteiger partial charge in [0.25, 0.3) is 0 Å². The topological polar surface area (TPSA) is 50.7 Å². The normalized spacial score (nSPS) is 14.0. The second-order valence-electron chi connectivity index (χ2n) is 5.79. The van der Waals surface area contributed by atoms with Gasteiger partial charge in [-0.3, -0.25) is 9.79 Å². The SMILES string of the molecule is C=C(N=CC)C(C)(COCc1ccccc1)NC(=O)C(C)C. The molecule has 1 amide bonds. The van der Waals surface area contributed by atoms with Crippen LogP contribution >= 0.6 is 0 Å². The molecule has 1 N–H and O–H groups in total. The van der Waals surface area contributed by atoms with Crippen molar-refractivity contribution in [1.29, 1.82) is 0 Å². The van der Waals surface area contributed by atoms with Crippen molar-refractivity contribution in [3.05, 3.63) is 48.2 Å². The monoisotopic (exact) mass is 302 g/mol. The predicted octanol–water partition coefficient (Wildman–Crippen LogP) is 3.34. The van der Waals surface area contributed by atoms with E-state index in [1.807, 2.05) is 58.0 Å². The lowest BCUT2D eigenvalue weighted by Gasteiger charge is -2.31. The van der Waals surface area contributed by atoms with Crippen LogP contribution in [-0.4, -0.2) is 24.3 Å². The van der Waals surface area contributed by atoms with Gasteiger partial charge in [-0.15, -0.1) is 0 Å². The summed E-state index contributed by atoms with van der Waals surface area (Å²) in [6, 6.07) is 9.91. The van der Waals surface area contributed by atoms with Crippen molar-refractivity contribution in [2.45, 2.75) is 39.8 Å². The third-order valence-corrected chi connectivity index (χ3v) is 3.35. The van der Waals surface area contributed by atoms with Crippen LogP contribution in [0.2, 0.25) is 0 Å². The zero-order valence-electron chi connectivity index (χ0n) is 13.9. The fourth-order valence-electron chi connectivity index (χ4n) is 1.85. The summed E-state index contributed by atoms with van der Waals surface area (Å²) in [5.74, 6) is -0.148. The summed E-state index contributed by atoms with van der Waals surface area (Å²) in [4.78, 5) is 16.3. The van der Waals surface area contributed by atoms with E-state index in [4.69, 9.17) is 4.74 Å². The van der Waals surface area contributed by atoms with Crippen LogP contribution in [-0.2, 0) is 16.1 Å². The largest absolute Gasteiger partial charge is 0.374 e. The van der Waals surface area contributed by atoms with E-state index < -0.39 is 5.54 Å². The van der Waals surface area contributed by atoms with Crippen molar-refractivity contribution in [3.8, 4) is 0 Å². The zero-order valence-corrected chi connectivity index (χ0v) is 13.9. The lowest BCUT2D eigenvalue weighted by molar-refractivity contribution is -0.126. The van der Waals surface area contributed by atoms with Gasteiger partial charge in [0.1, 0.15) is 5.54 Å². The fourth-order valence-corrected chi connectivity index (χ4v) is 1.85. The maximum atomic E-state index is 12.0. The van der Waals surface area contributed by atoms with Gasteiger partial charge in [-0.1, -0.05) is 50.8 Å². The number of ether oxygens (including phenoxy) is 1. The number of benzene rings is 1. The Morgan fingerprint density at radius 3 is 2.59 bits per heavy atom. The third kappa shape index (κ3) is 5.45. The van der Waals surface area contributed by atoms with Crippen molar-refractivity contribution in [1.82, 2.24) is 5.32 Å². The van der Waals surface area contributed by atoms with Crippen LogP contribution in [0.3, 0.4) is 0 Å². The molecule has 0 aliphatic rings. The molecular formula is C18H26N2O2. The minimum absolute atomic E-state index is 0.0433. The highest BCUT2D eigenvalue weighted by Gasteiger charge is 2.31. The van der Waals surface area contributed by atoms with Crippen molar-refractivity contribution < 1.29 is 9.53 Å². The Morgan fingerprint density at radius 2 is 2.05 bits per heavy atom. The summed E-state index contributed by atoms with van der Waals surface area (Å²) in [5.41, 5.74) is 0.949. The lowest BCUT2D eigenvalue weighted by Crippen LogP contribution is -2.51. The summed E-state index contributed by atoms with van der Waals surface area (Å²) in [5, 5.41) is 2.99. The average Bonchev–Trinajstić information content (AvgIpc) is 2.48. The molecule has 0 aliphatic heterocycles. The second kappa shape index (κ2) is 8.49. The van der Waals surface area contributed by atoms with Gasteiger partial charge in [-0.2, -0.15) is 0 Å². The lowest BCUT2D eigenvalue weighted by atomic mass is 9.98. The Hall–Kier alpha value is -1.94.